The summed E-state index contributed by atoms with van der Waals surface area (Å²) in [5.74, 6) is 2.48. The molecule has 0 saturated heterocycles. The molecule has 1 aromatic carbocycles. The van der Waals surface area contributed by atoms with Gasteiger partial charge in [0.15, 0.2) is 0 Å². The van der Waals surface area contributed by atoms with E-state index in [1.807, 2.05) is 25.1 Å². The van der Waals surface area contributed by atoms with Crippen LogP contribution >= 0.6 is 0 Å². The largest absolute Gasteiger partial charge is 0.423 e. The fourth-order valence-electron chi connectivity index (χ4n) is 4.28. The van der Waals surface area contributed by atoms with Gasteiger partial charge in [0, 0.05) is 0 Å². The number of carbonyl (C=O) groups is 1. The van der Waals surface area contributed by atoms with E-state index in [0.717, 1.165) is 11.8 Å². The maximum absolute atomic E-state index is 12.4. The quantitative estimate of drug-likeness (QED) is 0.494. The van der Waals surface area contributed by atoms with Crippen LogP contribution in [0.2, 0.25) is 0 Å². The Kier molecular flexibility index (Phi) is 6.96. The van der Waals surface area contributed by atoms with Crippen LogP contribution in [-0.2, 0) is 4.74 Å². The van der Waals surface area contributed by atoms with Crippen LogP contribution in [0.15, 0.2) is 48.3 Å². The first-order valence-corrected chi connectivity index (χ1v) is 11.0. The van der Waals surface area contributed by atoms with Crippen LogP contribution in [0, 0.1) is 28.6 Å². The average molecular weight is 392 g/mol. The number of nitrogens with zero attached hydrogens (tertiary/aromatic N) is 1. The SMILES string of the molecule is CC(C)CCC1CCC(c2ccc(C(=O)OC3=CCC(C)(C#N)C=C3)cc2)CC1. The van der Waals surface area contributed by atoms with Gasteiger partial charge in [0.05, 0.1) is 17.0 Å². The Bertz CT molecular complexity index is 804. The zero-order chi connectivity index (χ0) is 20.9. The van der Waals surface area contributed by atoms with Crippen LogP contribution in [0.4, 0.5) is 0 Å². The lowest BCUT2D eigenvalue weighted by atomic mass is 9.76. The third-order valence-electron chi connectivity index (χ3n) is 6.43. The Morgan fingerprint density at radius 1 is 1.21 bits per heavy atom. The van der Waals surface area contributed by atoms with Crippen LogP contribution in [-0.4, -0.2) is 5.97 Å². The first-order chi connectivity index (χ1) is 13.9. The second-order valence-corrected chi connectivity index (χ2v) is 9.37. The Morgan fingerprint density at radius 3 is 2.45 bits per heavy atom. The van der Waals surface area contributed by atoms with Gasteiger partial charge in [-0.2, -0.15) is 5.26 Å². The number of hydrogen-bond acceptors (Lipinski definition) is 3. The molecular weight excluding hydrogens is 358 g/mol. The van der Waals surface area contributed by atoms with Gasteiger partial charge in [-0.3, -0.25) is 0 Å². The number of carbonyl (C=O) groups excluding carboxylic acids is 1. The van der Waals surface area contributed by atoms with E-state index in [4.69, 9.17) is 10.00 Å². The number of benzene rings is 1. The monoisotopic (exact) mass is 391 g/mol. The standard InChI is InChI=1S/C26H33NO2/c1-19(2)4-5-20-6-8-21(9-7-20)22-10-12-23(13-11-22)25(28)29-24-14-16-26(3,18-27)17-15-24/h10-16,19-21H,4-9,17H2,1-3H3. The molecule has 29 heavy (non-hydrogen) atoms. The lowest BCUT2D eigenvalue weighted by Gasteiger charge is -2.29. The highest BCUT2D eigenvalue weighted by molar-refractivity contribution is 5.90. The van der Waals surface area contributed by atoms with Crippen molar-refractivity contribution in [2.45, 2.75) is 71.6 Å². The van der Waals surface area contributed by atoms with Crippen LogP contribution in [0.5, 0.6) is 0 Å². The highest BCUT2D eigenvalue weighted by atomic mass is 16.5. The fourth-order valence-corrected chi connectivity index (χ4v) is 4.28. The van der Waals surface area contributed by atoms with Gasteiger partial charge in [-0.05, 0) is 86.6 Å². The molecule has 0 heterocycles. The predicted molar refractivity (Wildman–Crippen MR) is 116 cm³/mol. The molecule has 1 atom stereocenters. The number of allylic oxidation sites excluding steroid dienone is 3. The summed E-state index contributed by atoms with van der Waals surface area (Å²) in [7, 11) is 0. The van der Waals surface area contributed by atoms with E-state index in [0.29, 0.717) is 23.7 Å². The summed E-state index contributed by atoms with van der Waals surface area (Å²) in [5.41, 5.74) is 1.40. The number of nitriles is 1. The fraction of sp³-hybridized carbons (Fsp3) is 0.538. The molecule has 0 bridgehead atoms. The summed E-state index contributed by atoms with van der Waals surface area (Å²) in [4.78, 5) is 12.4. The second kappa shape index (κ2) is 9.44. The summed E-state index contributed by atoms with van der Waals surface area (Å²) in [5, 5.41) is 9.15. The molecule has 3 heteroatoms. The van der Waals surface area contributed by atoms with Crippen molar-refractivity contribution in [3.8, 4) is 6.07 Å². The molecule has 3 rings (SSSR count). The van der Waals surface area contributed by atoms with E-state index in [1.54, 1.807) is 12.2 Å². The summed E-state index contributed by atoms with van der Waals surface area (Å²) in [6, 6.07) is 10.2. The molecule has 0 amide bonds. The maximum atomic E-state index is 12.4. The Hall–Kier alpha value is -2.34. The molecule has 2 aliphatic rings. The van der Waals surface area contributed by atoms with E-state index in [-0.39, 0.29) is 5.97 Å². The van der Waals surface area contributed by atoms with E-state index in [2.05, 4.69) is 32.0 Å². The average Bonchev–Trinajstić information content (AvgIpc) is 2.74. The number of ether oxygens (including phenoxy) is 1. The van der Waals surface area contributed by atoms with Crippen LogP contribution in [0.1, 0.15) is 87.6 Å². The minimum atomic E-state index is -0.509. The lowest BCUT2D eigenvalue weighted by Crippen LogP contribution is -2.15. The van der Waals surface area contributed by atoms with Gasteiger partial charge in [0.2, 0.25) is 0 Å². The number of esters is 1. The van der Waals surface area contributed by atoms with Crippen LogP contribution < -0.4 is 0 Å². The third kappa shape index (κ3) is 5.82. The van der Waals surface area contributed by atoms with E-state index >= 15 is 0 Å². The molecule has 154 valence electrons. The predicted octanol–water partition coefficient (Wildman–Crippen LogP) is 6.93. The normalized spacial score (nSPS) is 26.7. The Morgan fingerprint density at radius 2 is 1.90 bits per heavy atom. The highest BCUT2D eigenvalue weighted by Crippen LogP contribution is 2.38. The van der Waals surface area contributed by atoms with Gasteiger partial charge < -0.3 is 4.74 Å². The minimum Gasteiger partial charge on any atom is -0.423 e. The molecule has 1 saturated carbocycles. The Labute approximate surface area is 175 Å². The molecule has 1 aromatic rings. The molecule has 0 aliphatic heterocycles. The van der Waals surface area contributed by atoms with Crippen molar-refractivity contribution < 1.29 is 9.53 Å². The Balaban J connectivity index is 1.51. The second-order valence-electron chi connectivity index (χ2n) is 9.37. The molecule has 3 nitrogen and oxygen atoms in total. The first kappa shape index (κ1) is 21.4. The van der Waals surface area contributed by atoms with Gasteiger partial charge in [-0.1, -0.05) is 44.9 Å². The van der Waals surface area contributed by atoms with Gasteiger partial charge >= 0.3 is 5.97 Å². The maximum Gasteiger partial charge on any atom is 0.343 e. The smallest absolute Gasteiger partial charge is 0.343 e. The van der Waals surface area contributed by atoms with Crippen molar-refractivity contribution in [3.05, 3.63) is 59.4 Å². The van der Waals surface area contributed by atoms with E-state index in [1.165, 1.54) is 44.1 Å². The van der Waals surface area contributed by atoms with Gasteiger partial charge in [-0.25, -0.2) is 4.79 Å². The van der Waals surface area contributed by atoms with Crippen molar-refractivity contribution in [1.82, 2.24) is 0 Å². The molecule has 0 spiro atoms. The van der Waals surface area contributed by atoms with Gasteiger partial charge in [0.25, 0.3) is 0 Å². The number of rotatable bonds is 6. The van der Waals surface area contributed by atoms with Gasteiger partial charge in [0.1, 0.15) is 5.76 Å². The highest BCUT2D eigenvalue weighted by Gasteiger charge is 2.24. The summed E-state index contributed by atoms with van der Waals surface area (Å²) < 4.78 is 5.49. The first-order valence-electron chi connectivity index (χ1n) is 11.0. The molecule has 2 aliphatic carbocycles. The molecular formula is C26H33NO2. The number of hydrogen-bond donors (Lipinski definition) is 0. The molecule has 1 fully saturated rings. The lowest BCUT2D eigenvalue weighted by molar-refractivity contribution is 0.0634. The van der Waals surface area contributed by atoms with Crippen LogP contribution in [0.25, 0.3) is 0 Å². The molecule has 0 N–H and O–H groups in total. The van der Waals surface area contributed by atoms with Crippen molar-refractivity contribution in [3.63, 3.8) is 0 Å². The van der Waals surface area contributed by atoms with Gasteiger partial charge in [-0.15, -0.1) is 0 Å². The van der Waals surface area contributed by atoms with Crippen molar-refractivity contribution in [2.75, 3.05) is 0 Å². The minimum absolute atomic E-state index is 0.342. The zero-order valence-electron chi connectivity index (χ0n) is 18.0. The van der Waals surface area contributed by atoms with E-state index < -0.39 is 5.41 Å². The molecule has 1 unspecified atom stereocenters. The van der Waals surface area contributed by atoms with Crippen molar-refractivity contribution in [2.24, 2.45) is 17.3 Å². The summed E-state index contributed by atoms with van der Waals surface area (Å²) >= 11 is 0. The summed E-state index contributed by atoms with van der Waals surface area (Å²) in [6.07, 6.45) is 13.7. The summed E-state index contributed by atoms with van der Waals surface area (Å²) in [6.45, 7) is 6.49. The topological polar surface area (TPSA) is 50.1 Å². The van der Waals surface area contributed by atoms with Crippen molar-refractivity contribution in [1.29, 1.82) is 5.26 Å². The zero-order valence-corrected chi connectivity index (χ0v) is 18.0. The van der Waals surface area contributed by atoms with E-state index in [9.17, 15) is 4.79 Å². The molecule has 0 aromatic heterocycles. The molecule has 0 radical (unpaired) electrons. The van der Waals surface area contributed by atoms with Crippen LogP contribution in [0.3, 0.4) is 0 Å². The third-order valence-corrected chi connectivity index (χ3v) is 6.43. The van der Waals surface area contributed by atoms with Crippen molar-refractivity contribution >= 4 is 5.97 Å².